The summed E-state index contributed by atoms with van der Waals surface area (Å²) in [7, 11) is 1.33. The van der Waals surface area contributed by atoms with E-state index in [1.54, 1.807) is 18.2 Å². The van der Waals surface area contributed by atoms with Crippen LogP contribution in [0.2, 0.25) is 5.02 Å². The molecule has 1 heterocycles. The molecule has 0 aliphatic carbocycles. The van der Waals surface area contributed by atoms with Gasteiger partial charge in [-0.05, 0) is 37.3 Å². The smallest absolute Gasteiger partial charge is 0.337 e. The van der Waals surface area contributed by atoms with Crippen LogP contribution >= 0.6 is 11.6 Å². The fourth-order valence-electron chi connectivity index (χ4n) is 2.30. The molecule has 0 saturated carbocycles. The van der Waals surface area contributed by atoms with Crippen LogP contribution in [-0.4, -0.2) is 23.3 Å². The number of halogens is 1. The number of nitrogens with zero attached hydrogens (tertiary/aromatic N) is 2. The van der Waals surface area contributed by atoms with Crippen molar-refractivity contribution in [2.45, 2.75) is 13.5 Å². The van der Waals surface area contributed by atoms with Gasteiger partial charge >= 0.3 is 5.97 Å². The van der Waals surface area contributed by atoms with Gasteiger partial charge in [0.25, 0.3) is 0 Å². The Bertz CT molecular complexity index is 908. The van der Waals surface area contributed by atoms with Crippen LogP contribution < -0.4 is 5.32 Å². The summed E-state index contributed by atoms with van der Waals surface area (Å²) in [6, 6.07) is 12.7. The number of aryl methyl sites for hydroxylation is 1. The molecule has 0 bridgehead atoms. The predicted octanol–water partition coefficient (Wildman–Crippen LogP) is 4.10. The zero-order valence-corrected chi connectivity index (χ0v) is 14.5. The van der Waals surface area contributed by atoms with Crippen LogP contribution in [0.1, 0.15) is 21.8 Å². The van der Waals surface area contributed by atoms with Gasteiger partial charge in [0.05, 0.1) is 29.9 Å². The number of nitrogens with one attached hydrogen (secondary N) is 1. The molecule has 7 heteroatoms. The van der Waals surface area contributed by atoms with Crippen molar-refractivity contribution < 1.29 is 13.9 Å². The zero-order valence-electron chi connectivity index (χ0n) is 13.7. The van der Waals surface area contributed by atoms with E-state index in [2.05, 4.69) is 15.5 Å². The third kappa shape index (κ3) is 3.97. The second-order valence-electron chi connectivity index (χ2n) is 5.41. The van der Waals surface area contributed by atoms with E-state index >= 15 is 0 Å². The maximum absolute atomic E-state index is 11.6. The summed E-state index contributed by atoms with van der Waals surface area (Å²) in [5.74, 6) is 0.435. The molecule has 0 fully saturated rings. The Morgan fingerprint density at radius 1 is 1.24 bits per heavy atom. The standard InChI is InChI=1S/C18H16ClN3O3/c1-11-4-3-5-12(8-11)17-22-21-16(25-17)10-20-15-9-13(18(23)24-2)6-7-14(15)19/h3-9,20H,10H2,1-2H3. The van der Waals surface area contributed by atoms with Crippen LogP contribution in [-0.2, 0) is 11.3 Å². The van der Waals surface area contributed by atoms with Crippen molar-refractivity contribution in [2.24, 2.45) is 0 Å². The number of carbonyl (C=O) groups excluding carboxylic acids is 1. The molecule has 6 nitrogen and oxygen atoms in total. The van der Waals surface area contributed by atoms with Gasteiger partial charge in [-0.3, -0.25) is 0 Å². The van der Waals surface area contributed by atoms with Gasteiger partial charge in [0.15, 0.2) is 0 Å². The minimum atomic E-state index is -0.431. The number of aromatic nitrogens is 2. The van der Waals surface area contributed by atoms with Crippen LogP contribution in [0.5, 0.6) is 0 Å². The van der Waals surface area contributed by atoms with Crippen molar-refractivity contribution in [1.82, 2.24) is 10.2 Å². The van der Waals surface area contributed by atoms with E-state index in [4.69, 9.17) is 20.8 Å². The van der Waals surface area contributed by atoms with Gasteiger partial charge in [-0.2, -0.15) is 0 Å². The Labute approximate surface area is 149 Å². The molecule has 2 aromatic carbocycles. The number of hydrogen-bond donors (Lipinski definition) is 1. The fraction of sp³-hybridized carbons (Fsp3) is 0.167. The van der Waals surface area contributed by atoms with Crippen molar-refractivity contribution in [1.29, 1.82) is 0 Å². The van der Waals surface area contributed by atoms with E-state index in [-0.39, 0.29) is 6.54 Å². The molecule has 0 radical (unpaired) electrons. The number of anilines is 1. The Morgan fingerprint density at radius 2 is 2.08 bits per heavy atom. The highest BCUT2D eigenvalue weighted by Gasteiger charge is 2.11. The highest BCUT2D eigenvalue weighted by atomic mass is 35.5. The van der Waals surface area contributed by atoms with E-state index in [1.165, 1.54) is 7.11 Å². The normalized spacial score (nSPS) is 10.5. The molecular weight excluding hydrogens is 342 g/mol. The fourth-order valence-corrected chi connectivity index (χ4v) is 2.48. The van der Waals surface area contributed by atoms with Gasteiger partial charge in [-0.25, -0.2) is 4.79 Å². The molecule has 25 heavy (non-hydrogen) atoms. The van der Waals surface area contributed by atoms with Crippen molar-refractivity contribution in [3.8, 4) is 11.5 Å². The molecule has 1 N–H and O–H groups in total. The van der Waals surface area contributed by atoms with E-state index < -0.39 is 5.97 Å². The van der Waals surface area contributed by atoms with Crippen molar-refractivity contribution in [3.63, 3.8) is 0 Å². The van der Waals surface area contributed by atoms with E-state index in [1.807, 2.05) is 31.2 Å². The second kappa shape index (κ2) is 7.36. The molecule has 1 aromatic heterocycles. The van der Waals surface area contributed by atoms with Crippen molar-refractivity contribution in [3.05, 3.63) is 64.5 Å². The molecule has 0 spiro atoms. The zero-order chi connectivity index (χ0) is 17.8. The molecule has 3 rings (SSSR count). The Hall–Kier alpha value is -2.86. The topological polar surface area (TPSA) is 77.2 Å². The van der Waals surface area contributed by atoms with Gasteiger partial charge < -0.3 is 14.5 Å². The van der Waals surface area contributed by atoms with E-state index in [9.17, 15) is 4.79 Å². The lowest BCUT2D eigenvalue weighted by Gasteiger charge is -2.08. The second-order valence-corrected chi connectivity index (χ2v) is 5.82. The summed E-state index contributed by atoms with van der Waals surface area (Å²) in [6.45, 7) is 2.28. The Morgan fingerprint density at radius 3 is 2.84 bits per heavy atom. The van der Waals surface area contributed by atoms with Crippen LogP contribution in [0.15, 0.2) is 46.9 Å². The molecule has 0 unspecified atom stereocenters. The van der Waals surface area contributed by atoms with E-state index in [0.717, 1.165) is 11.1 Å². The third-order valence-electron chi connectivity index (χ3n) is 3.55. The number of hydrogen-bond acceptors (Lipinski definition) is 6. The van der Waals surface area contributed by atoms with Gasteiger partial charge in [-0.1, -0.05) is 29.3 Å². The van der Waals surface area contributed by atoms with Crippen LogP contribution in [0.4, 0.5) is 5.69 Å². The van der Waals surface area contributed by atoms with Crippen molar-refractivity contribution >= 4 is 23.3 Å². The maximum Gasteiger partial charge on any atom is 0.337 e. The van der Waals surface area contributed by atoms with E-state index in [0.29, 0.717) is 28.1 Å². The summed E-state index contributed by atoms with van der Waals surface area (Å²) in [5.41, 5.74) is 2.96. The summed E-state index contributed by atoms with van der Waals surface area (Å²) in [6.07, 6.45) is 0. The molecule has 0 atom stereocenters. The average Bonchev–Trinajstić information content (AvgIpc) is 3.09. The number of ether oxygens (including phenoxy) is 1. The first-order chi connectivity index (χ1) is 12.1. The maximum atomic E-state index is 11.6. The summed E-state index contributed by atoms with van der Waals surface area (Å²) in [4.78, 5) is 11.6. The monoisotopic (exact) mass is 357 g/mol. The number of benzene rings is 2. The largest absolute Gasteiger partial charge is 0.465 e. The lowest BCUT2D eigenvalue weighted by Crippen LogP contribution is -2.04. The van der Waals surface area contributed by atoms with Gasteiger partial charge in [0, 0.05) is 5.56 Å². The van der Waals surface area contributed by atoms with Gasteiger partial charge in [0.2, 0.25) is 11.8 Å². The Balaban J connectivity index is 1.73. The molecule has 0 amide bonds. The lowest BCUT2D eigenvalue weighted by molar-refractivity contribution is 0.0601. The summed E-state index contributed by atoms with van der Waals surface area (Å²) >= 11 is 6.15. The third-order valence-corrected chi connectivity index (χ3v) is 3.88. The van der Waals surface area contributed by atoms with Crippen LogP contribution in [0, 0.1) is 6.92 Å². The lowest BCUT2D eigenvalue weighted by atomic mass is 10.1. The van der Waals surface area contributed by atoms with Gasteiger partial charge in [0.1, 0.15) is 0 Å². The summed E-state index contributed by atoms with van der Waals surface area (Å²) < 4.78 is 10.4. The van der Waals surface area contributed by atoms with Gasteiger partial charge in [-0.15, -0.1) is 10.2 Å². The quantitative estimate of drug-likeness (QED) is 0.693. The highest BCUT2D eigenvalue weighted by Crippen LogP contribution is 2.25. The van der Waals surface area contributed by atoms with Crippen LogP contribution in [0.3, 0.4) is 0 Å². The number of esters is 1. The minimum absolute atomic E-state index is 0.281. The molecular formula is C18H16ClN3O3. The molecule has 3 aromatic rings. The molecule has 0 saturated heterocycles. The Kier molecular flexibility index (Phi) is 5.00. The number of methoxy groups -OCH3 is 1. The van der Waals surface area contributed by atoms with Crippen molar-refractivity contribution in [2.75, 3.05) is 12.4 Å². The SMILES string of the molecule is COC(=O)c1ccc(Cl)c(NCc2nnc(-c3cccc(C)c3)o2)c1. The van der Waals surface area contributed by atoms with Crippen LogP contribution in [0.25, 0.3) is 11.5 Å². The number of carbonyl (C=O) groups is 1. The number of rotatable bonds is 5. The average molecular weight is 358 g/mol. The molecule has 0 aliphatic heterocycles. The highest BCUT2D eigenvalue weighted by molar-refractivity contribution is 6.33. The minimum Gasteiger partial charge on any atom is -0.465 e. The first-order valence-corrected chi connectivity index (χ1v) is 7.96. The molecule has 0 aliphatic rings. The predicted molar refractivity (Wildman–Crippen MR) is 94.6 cm³/mol. The summed E-state index contributed by atoms with van der Waals surface area (Å²) in [5, 5.41) is 11.7. The first-order valence-electron chi connectivity index (χ1n) is 7.58. The first kappa shape index (κ1) is 17.0. The molecule has 128 valence electrons.